The van der Waals surface area contributed by atoms with Crippen LogP contribution in [0.15, 0.2) is 114 Å². The molecule has 0 amide bonds. The first-order chi connectivity index (χ1) is 19.3. The summed E-state index contributed by atoms with van der Waals surface area (Å²) >= 11 is 0. The molecule has 0 aliphatic heterocycles. The van der Waals surface area contributed by atoms with Gasteiger partial charge in [0, 0.05) is 39.9 Å². The van der Waals surface area contributed by atoms with Crippen LogP contribution < -0.4 is 5.43 Å². The van der Waals surface area contributed by atoms with Gasteiger partial charge in [-0.15, -0.1) is 0 Å². The molecule has 8 rings (SSSR count). The number of hydrogen-bond donors (Lipinski definition) is 0. The van der Waals surface area contributed by atoms with Crippen LogP contribution in [0, 0.1) is 0 Å². The predicted molar refractivity (Wildman–Crippen MR) is 153 cm³/mol. The number of nitrogens with zero attached hydrogens (tertiary/aromatic N) is 6. The minimum Gasteiger partial charge on any atom is -0.291 e. The van der Waals surface area contributed by atoms with Crippen LogP contribution in [-0.4, -0.2) is 29.3 Å². The van der Waals surface area contributed by atoms with E-state index in [9.17, 15) is 4.79 Å². The highest BCUT2D eigenvalue weighted by molar-refractivity contribution is 6.14. The first kappa shape index (κ1) is 21.5. The second-order valence-electron chi connectivity index (χ2n) is 9.37. The summed E-state index contributed by atoms with van der Waals surface area (Å²) in [6.45, 7) is 0. The van der Waals surface area contributed by atoms with Gasteiger partial charge in [0.25, 0.3) is 0 Å². The molecule has 0 bridgehead atoms. The Morgan fingerprint density at radius 2 is 1.21 bits per heavy atom. The highest BCUT2D eigenvalue weighted by Gasteiger charge is 2.19. The van der Waals surface area contributed by atoms with E-state index in [1.807, 2.05) is 95.4 Å². The molecule has 0 saturated carbocycles. The Bertz CT molecular complexity index is 2190. The van der Waals surface area contributed by atoms with Crippen molar-refractivity contribution in [3.8, 4) is 34.2 Å². The monoisotopic (exact) mass is 502 g/mol. The molecule has 182 valence electrons. The summed E-state index contributed by atoms with van der Waals surface area (Å²) in [5.41, 5.74) is 5.55. The lowest BCUT2D eigenvalue weighted by Gasteiger charge is -2.10. The summed E-state index contributed by atoms with van der Waals surface area (Å²) < 4.78 is 2.03. The van der Waals surface area contributed by atoms with Crippen LogP contribution >= 0.6 is 0 Å². The van der Waals surface area contributed by atoms with Gasteiger partial charge in [-0.2, -0.15) is 0 Å². The molecule has 0 atom stereocenters. The standard InChI is InChI=1S/C32H18N6O/c39-28-23-15-17-33-26-22-12-7-16-34-32(22)38(27(23)26)25-14-13-21(18-24(25)28)31-36-29(19-8-3-1-4-9-19)35-30(37-31)20-10-5-2-6-11-20/h1-18H. The van der Waals surface area contributed by atoms with E-state index in [0.717, 1.165) is 44.3 Å². The van der Waals surface area contributed by atoms with E-state index in [-0.39, 0.29) is 5.43 Å². The van der Waals surface area contributed by atoms with E-state index >= 15 is 0 Å². The molecular weight excluding hydrogens is 484 g/mol. The number of rotatable bonds is 3. The molecule has 0 fully saturated rings. The minimum atomic E-state index is -0.0600. The lowest BCUT2D eigenvalue weighted by Crippen LogP contribution is -2.07. The van der Waals surface area contributed by atoms with Gasteiger partial charge in [0.2, 0.25) is 0 Å². The van der Waals surface area contributed by atoms with Gasteiger partial charge in [-0.3, -0.25) is 14.2 Å². The van der Waals surface area contributed by atoms with E-state index in [1.54, 1.807) is 18.5 Å². The minimum absolute atomic E-state index is 0.0600. The summed E-state index contributed by atoms with van der Waals surface area (Å²) in [6.07, 6.45) is 3.45. The third-order valence-corrected chi connectivity index (χ3v) is 7.09. The fourth-order valence-corrected chi connectivity index (χ4v) is 5.30. The Hall–Kier alpha value is -5.56. The van der Waals surface area contributed by atoms with Crippen LogP contribution in [0.25, 0.3) is 72.5 Å². The quantitative estimate of drug-likeness (QED) is 0.269. The lowest BCUT2D eigenvalue weighted by molar-refractivity contribution is 1.07. The van der Waals surface area contributed by atoms with Gasteiger partial charge >= 0.3 is 0 Å². The van der Waals surface area contributed by atoms with Crippen LogP contribution in [0.4, 0.5) is 0 Å². The summed E-state index contributed by atoms with van der Waals surface area (Å²) in [5, 5.41) is 2.09. The van der Waals surface area contributed by atoms with Crippen LogP contribution in [0.3, 0.4) is 0 Å². The normalized spacial score (nSPS) is 11.7. The highest BCUT2D eigenvalue weighted by atomic mass is 16.1. The van der Waals surface area contributed by atoms with Crippen molar-refractivity contribution in [2.24, 2.45) is 0 Å². The van der Waals surface area contributed by atoms with Gasteiger partial charge in [-0.25, -0.2) is 19.9 Å². The van der Waals surface area contributed by atoms with E-state index < -0.39 is 0 Å². The molecule has 0 radical (unpaired) electrons. The first-order valence-electron chi connectivity index (χ1n) is 12.6. The zero-order valence-corrected chi connectivity index (χ0v) is 20.5. The molecule has 5 heterocycles. The van der Waals surface area contributed by atoms with E-state index in [0.29, 0.717) is 28.2 Å². The van der Waals surface area contributed by atoms with Crippen molar-refractivity contribution in [2.75, 3.05) is 0 Å². The molecule has 0 unspecified atom stereocenters. The number of pyridine rings is 3. The van der Waals surface area contributed by atoms with Gasteiger partial charge in [0.15, 0.2) is 22.9 Å². The second-order valence-corrected chi connectivity index (χ2v) is 9.37. The molecule has 7 nitrogen and oxygen atoms in total. The second kappa shape index (κ2) is 8.22. The van der Waals surface area contributed by atoms with Gasteiger partial charge in [-0.1, -0.05) is 60.7 Å². The Balaban J connectivity index is 1.42. The number of hydrogen-bond acceptors (Lipinski definition) is 6. The highest BCUT2D eigenvalue weighted by Crippen LogP contribution is 2.32. The SMILES string of the molecule is O=c1c2cc(-c3nc(-c4ccccc4)nc(-c4ccccc4)n3)ccc2n2c3ncccc3c3nccc1c32. The molecule has 3 aromatic carbocycles. The van der Waals surface area contributed by atoms with Crippen molar-refractivity contribution >= 4 is 38.4 Å². The Morgan fingerprint density at radius 3 is 1.90 bits per heavy atom. The Morgan fingerprint density at radius 1 is 0.538 bits per heavy atom. The molecule has 8 aromatic rings. The molecule has 0 aliphatic rings. The maximum atomic E-state index is 13.8. The van der Waals surface area contributed by atoms with Crippen LogP contribution in [0.5, 0.6) is 0 Å². The molecule has 0 spiro atoms. The molecule has 7 heteroatoms. The van der Waals surface area contributed by atoms with Crippen molar-refractivity contribution in [3.63, 3.8) is 0 Å². The summed E-state index contributed by atoms with van der Waals surface area (Å²) in [6, 6.07) is 31.1. The van der Waals surface area contributed by atoms with Gasteiger partial charge < -0.3 is 0 Å². The van der Waals surface area contributed by atoms with Gasteiger partial charge in [0.05, 0.1) is 21.9 Å². The van der Waals surface area contributed by atoms with Crippen LogP contribution in [0.1, 0.15) is 0 Å². The molecule has 5 aromatic heterocycles. The van der Waals surface area contributed by atoms with E-state index in [4.69, 9.17) is 15.0 Å². The van der Waals surface area contributed by atoms with Crippen LogP contribution in [-0.2, 0) is 0 Å². The summed E-state index contributed by atoms with van der Waals surface area (Å²) in [5.74, 6) is 1.64. The van der Waals surface area contributed by atoms with Crippen molar-refractivity contribution in [1.82, 2.24) is 29.3 Å². The lowest BCUT2D eigenvalue weighted by atomic mass is 10.1. The molecule has 0 saturated heterocycles. The van der Waals surface area contributed by atoms with Gasteiger partial charge in [-0.05, 0) is 36.4 Å². The molecule has 0 aliphatic carbocycles. The fraction of sp³-hybridized carbons (Fsp3) is 0. The van der Waals surface area contributed by atoms with Crippen molar-refractivity contribution in [3.05, 3.63) is 120 Å². The fourth-order valence-electron chi connectivity index (χ4n) is 5.30. The average molecular weight is 503 g/mol. The van der Waals surface area contributed by atoms with Crippen LogP contribution in [0.2, 0.25) is 0 Å². The first-order valence-corrected chi connectivity index (χ1v) is 12.6. The van der Waals surface area contributed by atoms with Gasteiger partial charge in [0.1, 0.15) is 5.65 Å². The maximum Gasteiger partial charge on any atom is 0.197 e. The summed E-state index contributed by atoms with van der Waals surface area (Å²) in [4.78, 5) is 37.5. The average Bonchev–Trinajstić information content (AvgIpc) is 3.35. The van der Waals surface area contributed by atoms with Crippen molar-refractivity contribution in [2.45, 2.75) is 0 Å². The Kier molecular flexibility index (Phi) is 4.54. The Labute approximate surface area is 221 Å². The maximum absolute atomic E-state index is 13.8. The number of aromatic nitrogens is 6. The number of benzene rings is 3. The van der Waals surface area contributed by atoms with E-state index in [2.05, 4.69) is 9.97 Å². The predicted octanol–water partition coefficient (Wildman–Crippen LogP) is 6.17. The smallest absolute Gasteiger partial charge is 0.197 e. The molecule has 0 N–H and O–H groups in total. The molecular formula is C32H18N6O. The molecule has 39 heavy (non-hydrogen) atoms. The third kappa shape index (κ3) is 3.23. The van der Waals surface area contributed by atoms with Crippen molar-refractivity contribution in [1.29, 1.82) is 0 Å². The zero-order chi connectivity index (χ0) is 25.9. The van der Waals surface area contributed by atoms with E-state index in [1.165, 1.54) is 0 Å². The van der Waals surface area contributed by atoms with Crippen molar-refractivity contribution < 1.29 is 0 Å². The topological polar surface area (TPSA) is 85.9 Å². The largest absolute Gasteiger partial charge is 0.291 e. The number of fused-ring (bicyclic) bond motifs is 5. The zero-order valence-electron chi connectivity index (χ0n) is 20.5. The third-order valence-electron chi connectivity index (χ3n) is 7.09. The summed E-state index contributed by atoms with van der Waals surface area (Å²) in [7, 11) is 0.